The number of carboxylic acid groups (broad SMARTS) is 1. The van der Waals surface area contributed by atoms with Crippen molar-refractivity contribution in [1.29, 1.82) is 0 Å². The molecule has 5 nitrogen and oxygen atoms in total. The van der Waals surface area contributed by atoms with Crippen LogP contribution in [0.5, 0.6) is 0 Å². The van der Waals surface area contributed by atoms with Crippen LogP contribution in [-0.2, 0) is 10.0 Å². The summed E-state index contributed by atoms with van der Waals surface area (Å²) in [6.45, 7) is 1.40. The smallest absolute Gasteiger partial charge is 0.347 e. The van der Waals surface area contributed by atoms with E-state index in [1.165, 1.54) is 12.3 Å². The lowest BCUT2D eigenvalue weighted by Gasteiger charge is -2.10. The summed E-state index contributed by atoms with van der Waals surface area (Å²) in [6, 6.07) is 2.86. The number of hydrogen-bond donors (Lipinski definition) is 2. The van der Waals surface area contributed by atoms with Crippen molar-refractivity contribution in [3.05, 3.63) is 45.7 Å². The van der Waals surface area contributed by atoms with Crippen molar-refractivity contribution in [2.24, 2.45) is 0 Å². The molecule has 0 spiro atoms. The summed E-state index contributed by atoms with van der Waals surface area (Å²) < 4.78 is 53.2. The highest BCUT2D eigenvalue weighted by molar-refractivity contribution is 7.93. The number of carbonyl (C=O) groups is 1. The maximum atomic E-state index is 13.5. The number of benzene rings is 1. The van der Waals surface area contributed by atoms with Gasteiger partial charge in [-0.05, 0) is 30.0 Å². The van der Waals surface area contributed by atoms with Gasteiger partial charge in [0.25, 0.3) is 10.0 Å². The minimum Gasteiger partial charge on any atom is -0.477 e. The Morgan fingerprint density at radius 1 is 1.29 bits per heavy atom. The molecule has 1 heterocycles. The average Bonchev–Trinajstić information content (AvgIpc) is 2.77. The van der Waals surface area contributed by atoms with Gasteiger partial charge in [-0.3, -0.25) is 4.72 Å². The van der Waals surface area contributed by atoms with Gasteiger partial charge in [-0.25, -0.2) is 22.0 Å². The lowest BCUT2D eigenvalue weighted by molar-refractivity contribution is 0.0698. The van der Waals surface area contributed by atoms with Crippen LogP contribution < -0.4 is 4.72 Å². The van der Waals surface area contributed by atoms with Gasteiger partial charge >= 0.3 is 5.97 Å². The summed E-state index contributed by atoms with van der Waals surface area (Å²) in [6.07, 6.45) is 0. The Morgan fingerprint density at radius 3 is 2.38 bits per heavy atom. The molecule has 2 rings (SSSR count). The number of thiophene rings is 1. The number of rotatable bonds is 4. The molecule has 21 heavy (non-hydrogen) atoms. The van der Waals surface area contributed by atoms with Gasteiger partial charge in [0.15, 0.2) is 0 Å². The Labute approximate surface area is 122 Å². The zero-order valence-corrected chi connectivity index (χ0v) is 12.2. The number of carboxylic acids is 1. The summed E-state index contributed by atoms with van der Waals surface area (Å²) in [5, 5.41) is 10.3. The van der Waals surface area contributed by atoms with Crippen LogP contribution in [0, 0.1) is 18.6 Å². The van der Waals surface area contributed by atoms with Crippen LogP contribution >= 0.6 is 11.3 Å². The number of anilines is 1. The molecule has 2 aromatic rings. The van der Waals surface area contributed by atoms with E-state index in [9.17, 15) is 22.0 Å². The van der Waals surface area contributed by atoms with Crippen LogP contribution in [0.4, 0.5) is 14.5 Å². The summed E-state index contributed by atoms with van der Waals surface area (Å²) >= 11 is 0.724. The Balaban J connectivity index is 2.54. The highest BCUT2D eigenvalue weighted by Crippen LogP contribution is 2.30. The monoisotopic (exact) mass is 333 g/mol. The van der Waals surface area contributed by atoms with Gasteiger partial charge in [0.05, 0.1) is 0 Å². The van der Waals surface area contributed by atoms with Crippen molar-refractivity contribution in [1.82, 2.24) is 0 Å². The van der Waals surface area contributed by atoms with E-state index in [4.69, 9.17) is 5.11 Å². The number of aryl methyl sites for hydroxylation is 1. The molecule has 1 aromatic heterocycles. The van der Waals surface area contributed by atoms with Crippen LogP contribution in [0.3, 0.4) is 0 Å². The molecule has 0 fully saturated rings. The molecule has 0 aliphatic carbocycles. The third kappa shape index (κ3) is 2.88. The predicted octanol–water partition coefficient (Wildman–Crippen LogP) is 2.83. The van der Waals surface area contributed by atoms with Crippen molar-refractivity contribution in [3.63, 3.8) is 0 Å². The second-order valence-corrected chi connectivity index (χ2v) is 6.58. The van der Waals surface area contributed by atoms with Gasteiger partial charge in [0.1, 0.15) is 27.1 Å². The van der Waals surface area contributed by atoms with Crippen molar-refractivity contribution in [2.45, 2.75) is 11.8 Å². The van der Waals surface area contributed by atoms with Crippen LogP contribution in [0.1, 0.15) is 15.2 Å². The van der Waals surface area contributed by atoms with Gasteiger partial charge < -0.3 is 5.11 Å². The van der Waals surface area contributed by atoms with E-state index in [1.807, 2.05) is 0 Å². The second kappa shape index (κ2) is 5.41. The highest BCUT2D eigenvalue weighted by Gasteiger charge is 2.28. The second-order valence-electron chi connectivity index (χ2n) is 4.08. The van der Waals surface area contributed by atoms with Crippen molar-refractivity contribution in [3.8, 4) is 0 Å². The zero-order chi connectivity index (χ0) is 15.8. The molecule has 2 N–H and O–H groups in total. The molecule has 0 radical (unpaired) electrons. The first kappa shape index (κ1) is 15.4. The minimum atomic E-state index is -4.42. The molecule has 1 aromatic carbocycles. The number of aromatic carboxylic acids is 1. The number of nitrogens with one attached hydrogen (secondary N) is 1. The molecule has 0 atom stereocenters. The van der Waals surface area contributed by atoms with Crippen molar-refractivity contribution < 1.29 is 27.1 Å². The Morgan fingerprint density at radius 2 is 1.86 bits per heavy atom. The molecular formula is C12H9F2NO4S2. The molecular weight excluding hydrogens is 324 g/mol. The normalized spacial score (nSPS) is 11.4. The van der Waals surface area contributed by atoms with Gasteiger partial charge in [0.2, 0.25) is 0 Å². The van der Waals surface area contributed by atoms with E-state index in [1.54, 1.807) is 4.72 Å². The lowest BCUT2D eigenvalue weighted by atomic mass is 10.3. The van der Waals surface area contributed by atoms with E-state index in [0.29, 0.717) is 0 Å². The third-order valence-electron chi connectivity index (χ3n) is 2.58. The Bertz CT molecular complexity index is 794. The molecule has 9 heteroatoms. The fraction of sp³-hybridized carbons (Fsp3) is 0.0833. The van der Waals surface area contributed by atoms with Gasteiger partial charge in [-0.1, -0.05) is 6.07 Å². The molecule has 0 bridgehead atoms. The van der Waals surface area contributed by atoms with Gasteiger partial charge in [0, 0.05) is 0 Å². The number of para-hydroxylation sites is 1. The number of halogens is 2. The first-order chi connectivity index (χ1) is 9.74. The fourth-order valence-electron chi connectivity index (χ4n) is 1.70. The van der Waals surface area contributed by atoms with Crippen LogP contribution in [-0.4, -0.2) is 19.5 Å². The third-order valence-corrected chi connectivity index (χ3v) is 5.33. The Kier molecular flexibility index (Phi) is 3.97. The maximum absolute atomic E-state index is 13.5. The van der Waals surface area contributed by atoms with Crippen molar-refractivity contribution in [2.75, 3.05) is 4.72 Å². The average molecular weight is 333 g/mol. The summed E-state index contributed by atoms with van der Waals surface area (Å²) in [7, 11) is -4.42. The van der Waals surface area contributed by atoms with E-state index < -0.39 is 43.1 Å². The van der Waals surface area contributed by atoms with Crippen LogP contribution in [0.2, 0.25) is 0 Å². The molecule has 0 aliphatic heterocycles. The van der Waals surface area contributed by atoms with E-state index in [0.717, 1.165) is 29.5 Å². The van der Waals surface area contributed by atoms with E-state index in [-0.39, 0.29) is 5.56 Å². The lowest BCUT2D eigenvalue weighted by Crippen LogP contribution is -2.18. The first-order valence-corrected chi connectivity index (χ1v) is 7.88. The topological polar surface area (TPSA) is 83.5 Å². The molecule has 0 unspecified atom stereocenters. The maximum Gasteiger partial charge on any atom is 0.347 e. The van der Waals surface area contributed by atoms with Crippen molar-refractivity contribution >= 4 is 33.0 Å². The molecule has 0 saturated heterocycles. The number of hydrogen-bond acceptors (Lipinski definition) is 4. The first-order valence-electron chi connectivity index (χ1n) is 5.52. The quantitative estimate of drug-likeness (QED) is 0.901. The van der Waals surface area contributed by atoms with Gasteiger partial charge in [-0.2, -0.15) is 0 Å². The number of sulfonamides is 1. The van der Waals surface area contributed by atoms with E-state index >= 15 is 0 Å². The molecule has 0 amide bonds. The predicted molar refractivity (Wildman–Crippen MR) is 73.2 cm³/mol. The van der Waals surface area contributed by atoms with Crippen LogP contribution in [0.25, 0.3) is 0 Å². The fourth-order valence-corrected chi connectivity index (χ4v) is 4.41. The summed E-state index contributed by atoms with van der Waals surface area (Å²) in [5.74, 6) is -3.62. The Hall–Kier alpha value is -2.00. The molecule has 0 aliphatic rings. The molecule has 0 saturated carbocycles. The summed E-state index contributed by atoms with van der Waals surface area (Å²) in [5.41, 5.74) is -0.666. The van der Waals surface area contributed by atoms with E-state index in [2.05, 4.69) is 0 Å². The zero-order valence-electron chi connectivity index (χ0n) is 10.6. The largest absolute Gasteiger partial charge is 0.477 e. The standard InChI is InChI=1S/C12H9F2NO4S2/c1-6-5-20-10(12(16)17)11(6)21(18,19)15-9-7(13)3-2-4-8(9)14/h2-5,15H,1H3,(H,16,17). The summed E-state index contributed by atoms with van der Waals surface area (Å²) in [4.78, 5) is 10.1. The SMILES string of the molecule is Cc1csc(C(=O)O)c1S(=O)(=O)Nc1c(F)cccc1F. The highest BCUT2D eigenvalue weighted by atomic mass is 32.2. The van der Waals surface area contributed by atoms with Crippen LogP contribution in [0.15, 0.2) is 28.5 Å². The molecule has 112 valence electrons. The van der Waals surface area contributed by atoms with Gasteiger partial charge in [-0.15, -0.1) is 11.3 Å². The minimum absolute atomic E-state index is 0.182.